The molecule has 0 aromatic heterocycles. The Bertz CT molecular complexity index is 581. The molecule has 1 heterocycles. The molecule has 2 amide bonds. The van der Waals surface area contributed by atoms with Crippen molar-refractivity contribution in [2.75, 3.05) is 0 Å². The summed E-state index contributed by atoms with van der Waals surface area (Å²) in [4.78, 5) is 27.8. The molecule has 0 saturated carbocycles. The summed E-state index contributed by atoms with van der Waals surface area (Å²) in [7, 11) is 0. The molecule has 2 atom stereocenters. The number of esters is 1. The predicted molar refractivity (Wildman–Crippen MR) is 80.6 cm³/mol. The number of carbonyl (C=O) groups is 2. The first-order valence-electron chi connectivity index (χ1n) is 6.70. The van der Waals surface area contributed by atoms with Gasteiger partial charge in [0, 0.05) is 10.7 Å². The molecule has 1 aliphatic heterocycles. The molecule has 6 heteroatoms. The summed E-state index contributed by atoms with van der Waals surface area (Å²) in [6.07, 6.45) is -0.228. The van der Waals surface area contributed by atoms with Crippen LogP contribution in [0.2, 0.25) is 5.02 Å². The molecule has 2 unspecified atom stereocenters. The van der Waals surface area contributed by atoms with Gasteiger partial charge in [0.15, 0.2) is 0 Å². The van der Waals surface area contributed by atoms with Crippen LogP contribution < -0.4 is 5.32 Å². The first kappa shape index (κ1) is 15.5. The quantitative estimate of drug-likeness (QED) is 0.872. The lowest BCUT2D eigenvalue weighted by Gasteiger charge is -2.30. The highest BCUT2D eigenvalue weighted by Crippen LogP contribution is 2.29. The van der Waals surface area contributed by atoms with E-state index in [-0.39, 0.29) is 6.10 Å². The van der Waals surface area contributed by atoms with Crippen LogP contribution in [-0.4, -0.2) is 23.8 Å². The molecule has 0 fully saturated rings. The third kappa shape index (κ3) is 3.61. The minimum Gasteiger partial charge on any atom is -0.462 e. The fourth-order valence-corrected chi connectivity index (χ4v) is 2.40. The van der Waals surface area contributed by atoms with Gasteiger partial charge in [0.2, 0.25) is 0 Å². The Hall–Kier alpha value is -1.88. The lowest BCUT2D eigenvalue weighted by Crippen LogP contribution is -2.44. The zero-order chi connectivity index (χ0) is 15.6. The van der Waals surface area contributed by atoms with Gasteiger partial charge in [0.25, 0.3) is 0 Å². The molecular weight excluding hydrogens is 292 g/mol. The maximum Gasteiger partial charge on any atom is 0.341 e. The van der Waals surface area contributed by atoms with Crippen LogP contribution in [0, 0.1) is 5.92 Å². The third-order valence-electron chi connectivity index (χ3n) is 3.18. The minimum atomic E-state index is -0.633. The Balaban J connectivity index is 2.36. The molecule has 1 aromatic rings. The second-order valence-corrected chi connectivity index (χ2v) is 5.63. The van der Waals surface area contributed by atoms with Crippen LogP contribution >= 0.6 is 11.6 Å². The molecular formula is C15H17ClN2O3. The number of rotatable bonds is 3. The van der Waals surface area contributed by atoms with Gasteiger partial charge in [-0.2, -0.15) is 0 Å². The molecule has 0 bridgehead atoms. The van der Waals surface area contributed by atoms with Crippen molar-refractivity contribution in [3.8, 4) is 0 Å². The summed E-state index contributed by atoms with van der Waals surface area (Å²) in [6.45, 7) is 5.22. The van der Waals surface area contributed by atoms with Crippen LogP contribution in [0.5, 0.6) is 0 Å². The number of hydrogen-bond acceptors (Lipinski definition) is 3. The topological polar surface area (TPSA) is 67.8 Å². The van der Waals surface area contributed by atoms with Crippen LogP contribution in [0.1, 0.15) is 32.4 Å². The van der Waals surface area contributed by atoms with Crippen molar-refractivity contribution >= 4 is 29.3 Å². The first-order valence-corrected chi connectivity index (χ1v) is 7.08. The average molecular weight is 309 g/mol. The fourth-order valence-electron chi connectivity index (χ4n) is 2.28. The van der Waals surface area contributed by atoms with Crippen molar-refractivity contribution in [1.29, 1.82) is 0 Å². The summed E-state index contributed by atoms with van der Waals surface area (Å²) in [6, 6.07) is 6.03. The predicted octanol–water partition coefficient (Wildman–Crippen LogP) is 3.13. The fraction of sp³-hybridized carbons (Fsp3) is 0.400. The number of amides is 2. The van der Waals surface area contributed by atoms with Crippen LogP contribution in [0.3, 0.4) is 0 Å². The van der Waals surface area contributed by atoms with Crippen LogP contribution in [0.4, 0.5) is 4.79 Å². The highest BCUT2D eigenvalue weighted by molar-refractivity contribution is 6.30. The van der Waals surface area contributed by atoms with Crippen molar-refractivity contribution in [3.63, 3.8) is 0 Å². The third-order valence-corrected chi connectivity index (χ3v) is 3.43. The molecule has 0 radical (unpaired) electrons. The summed E-state index contributed by atoms with van der Waals surface area (Å²) in [5.74, 6) is -1.03. The lowest BCUT2D eigenvalue weighted by molar-refractivity contribution is -0.150. The van der Waals surface area contributed by atoms with Crippen LogP contribution in [0.25, 0.3) is 0 Å². The Morgan fingerprint density at radius 3 is 2.52 bits per heavy atom. The van der Waals surface area contributed by atoms with Crippen LogP contribution in [0.15, 0.2) is 29.3 Å². The normalized spacial score (nSPS) is 21.8. The van der Waals surface area contributed by atoms with Gasteiger partial charge >= 0.3 is 12.0 Å². The molecule has 0 spiro atoms. The van der Waals surface area contributed by atoms with E-state index in [0.717, 1.165) is 5.56 Å². The van der Waals surface area contributed by atoms with Gasteiger partial charge in [-0.15, -0.1) is 0 Å². The SMILES string of the molecule is CC1=NC(=O)NC(c2ccc(Cl)cc2)C1C(=O)OC(C)C. The number of halogens is 1. The lowest BCUT2D eigenvalue weighted by atomic mass is 9.88. The van der Waals surface area contributed by atoms with E-state index in [4.69, 9.17) is 16.3 Å². The summed E-state index contributed by atoms with van der Waals surface area (Å²) >= 11 is 5.87. The zero-order valence-corrected chi connectivity index (χ0v) is 12.8. The molecule has 1 aliphatic rings. The molecule has 0 aliphatic carbocycles. The van der Waals surface area contributed by atoms with Gasteiger partial charge in [0.05, 0.1) is 12.1 Å². The Morgan fingerprint density at radius 2 is 1.95 bits per heavy atom. The molecule has 1 N–H and O–H groups in total. The number of ether oxygens (including phenoxy) is 1. The molecule has 21 heavy (non-hydrogen) atoms. The van der Waals surface area contributed by atoms with Gasteiger partial charge in [-0.1, -0.05) is 23.7 Å². The number of nitrogens with one attached hydrogen (secondary N) is 1. The van der Waals surface area contributed by atoms with Crippen molar-refractivity contribution in [2.24, 2.45) is 10.9 Å². The highest BCUT2D eigenvalue weighted by atomic mass is 35.5. The van der Waals surface area contributed by atoms with E-state index in [2.05, 4.69) is 10.3 Å². The Morgan fingerprint density at radius 1 is 1.33 bits per heavy atom. The van der Waals surface area contributed by atoms with E-state index in [1.807, 2.05) is 0 Å². The largest absolute Gasteiger partial charge is 0.462 e. The van der Waals surface area contributed by atoms with Crippen molar-refractivity contribution in [1.82, 2.24) is 5.32 Å². The van der Waals surface area contributed by atoms with E-state index < -0.39 is 24.0 Å². The standard InChI is InChI=1S/C15H17ClN2O3/c1-8(2)21-14(19)12-9(3)17-15(20)18-13(12)10-4-6-11(16)7-5-10/h4-8,12-13H,1-3H3,(H,18,20). The van der Waals surface area contributed by atoms with Crippen molar-refractivity contribution in [2.45, 2.75) is 32.9 Å². The zero-order valence-electron chi connectivity index (χ0n) is 12.1. The monoisotopic (exact) mass is 308 g/mol. The van der Waals surface area contributed by atoms with Crippen molar-refractivity contribution < 1.29 is 14.3 Å². The number of hydrogen-bond donors (Lipinski definition) is 1. The van der Waals surface area contributed by atoms with Gasteiger partial charge in [0.1, 0.15) is 5.92 Å². The highest BCUT2D eigenvalue weighted by Gasteiger charge is 2.38. The van der Waals surface area contributed by atoms with Gasteiger partial charge < -0.3 is 10.1 Å². The van der Waals surface area contributed by atoms with E-state index in [1.54, 1.807) is 45.0 Å². The molecule has 5 nitrogen and oxygen atoms in total. The van der Waals surface area contributed by atoms with E-state index in [1.165, 1.54) is 0 Å². The van der Waals surface area contributed by atoms with Crippen molar-refractivity contribution in [3.05, 3.63) is 34.9 Å². The van der Waals surface area contributed by atoms with Gasteiger partial charge in [-0.3, -0.25) is 4.79 Å². The Kier molecular flexibility index (Phi) is 4.63. The smallest absolute Gasteiger partial charge is 0.341 e. The van der Waals surface area contributed by atoms with E-state index >= 15 is 0 Å². The van der Waals surface area contributed by atoms with Gasteiger partial charge in [-0.05, 0) is 38.5 Å². The number of aliphatic imine (C=N–C) groups is 1. The number of benzene rings is 1. The second kappa shape index (κ2) is 6.26. The molecule has 1 aromatic carbocycles. The number of nitrogens with zero attached hydrogens (tertiary/aromatic N) is 1. The van der Waals surface area contributed by atoms with Gasteiger partial charge in [-0.25, -0.2) is 9.79 Å². The average Bonchev–Trinajstić information content (AvgIpc) is 2.37. The van der Waals surface area contributed by atoms with Crippen LogP contribution in [-0.2, 0) is 9.53 Å². The summed E-state index contributed by atoms with van der Waals surface area (Å²) < 4.78 is 5.27. The summed E-state index contributed by atoms with van der Waals surface area (Å²) in [5.41, 5.74) is 1.23. The molecule has 0 saturated heterocycles. The first-order chi connectivity index (χ1) is 9.88. The summed E-state index contributed by atoms with van der Waals surface area (Å²) in [5, 5.41) is 3.31. The molecule has 112 valence electrons. The maximum atomic E-state index is 12.3. The minimum absolute atomic E-state index is 0.228. The number of carbonyl (C=O) groups excluding carboxylic acids is 2. The number of urea groups is 1. The Labute approximate surface area is 128 Å². The maximum absolute atomic E-state index is 12.3. The second-order valence-electron chi connectivity index (χ2n) is 5.20. The van der Waals surface area contributed by atoms with E-state index in [0.29, 0.717) is 10.7 Å². The van der Waals surface area contributed by atoms with E-state index in [9.17, 15) is 9.59 Å². The molecule has 2 rings (SSSR count).